The average Bonchev–Trinajstić information content (AvgIpc) is 3.29. The molecule has 2 aromatic heterocycles. The summed E-state index contributed by atoms with van der Waals surface area (Å²) in [5.74, 6) is -5.61. The summed E-state index contributed by atoms with van der Waals surface area (Å²) < 4.78 is 65.6. The number of carbonyl (C=O) groups excluding carboxylic acids is 2. The van der Waals surface area contributed by atoms with Gasteiger partial charge in [0.15, 0.2) is 5.78 Å². The fraction of sp³-hybridized carbons (Fsp3) is 0.560. The third-order valence-electron chi connectivity index (χ3n) is 6.40. The second-order valence-electron chi connectivity index (χ2n) is 10.3. The number of hydrogen-bond donors (Lipinski definition) is 1. The number of allylic oxidation sites excluding steroid dienone is 2. The Labute approximate surface area is 210 Å². The van der Waals surface area contributed by atoms with E-state index in [-0.39, 0.29) is 48.5 Å². The molecule has 1 unspecified atom stereocenters. The zero-order chi connectivity index (χ0) is 27.0. The SMILES string of the molecule is CC(C)(C)OC(=O)N[C@H]1CCCC(F)(F)C1CCC1=CCc2ncc(-c3nnc(C(F)F)o3)cc2C1=O. The Balaban J connectivity index is 1.47. The summed E-state index contributed by atoms with van der Waals surface area (Å²) in [6, 6.07) is 0.641. The van der Waals surface area contributed by atoms with Crippen LogP contribution in [0, 0.1) is 5.92 Å². The van der Waals surface area contributed by atoms with Gasteiger partial charge in [0.25, 0.3) is 11.8 Å². The van der Waals surface area contributed by atoms with Crippen LogP contribution in [0.15, 0.2) is 28.3 Å². The minimum Gasteiger partial charge on any atom is -0.444 e. The first-order valence-electron chi connectivity index (χ1n) is 12.1. The molecule has 0 aliphatic heterocycles. The van der Waals surface area contributed by atoms with Crippen molar-refractivity contribution in [2.24, 2.45) is 5.92 Å². The number of nitrogens with one attached hydrogen (secondary N) is 1. The topological polar surface area (TPSA) is 107 Å². The van der Waals surface area contributed by atoms with Gasteiger partial charge in [-0.25, -0.2) is 13.6 Å². The van der Waals surface area contributed by atoms with Gasteiger partial charge in [-0.15, -0.1) is 10.2 Å². The van der Waals surface area contributed by atoms with Crippen molar-refractivity contribution in [1.29, 1.82) is 0 Å². The molecule has 0 aromatic carbocycles. The third kappa shape index (κ3) is 6.16. The maximum absolute atomic E-state index is 14.9. The number of nitrogens with zero attached hydrogens (tertiary/aromatic N) is 3. The van der Waals surface area contributed by atoms with E-state index in [1.54, 1.807) is 26.8 Å². The van der Waals surface area contributed by atoms with E-state index in [9.17, 15) is 27.2 Å². The maximum Gasteiger partial charge on any atom is 0.407 e. The molecule has 0 radical (unpaired) electrons. The van der Waals surface area contributed by atoms with Gasteiger partial charge in [0.05, 0.1) is 11.3 Å². The number of ether oxygens (including phenoxy) is 1. The predicted octanol–water partition coefficient (Wildman–Crippen LogP) is 5.84. The van der Waals surface area contributed by atoms with Crippen molar-refractivity contribution in [1.82, 2.24) is 20.5 Å². The van der Waals surface area contributed by atoms with Gasteiger partial charge in [0, 0.05) is 36.6 Å². The zero-order valence-electron chi connectivity index (χ0n) is 20.7. The van der Waals surface area contributed by atoms with E-state index in [0.29, 0.717) is 24.1 Å². The molecule has 200 valence electrons. The first-order valence-corrected chi connectivity index (χ1v) is 12.1. The summed E-state index contributed by atoms with van der Waals surface area (Å²) in [6.45, 7) is 5.07. The standard InChI is InChI=1S/C25H28F4N4O4/c1-24(2,3)37-23(35)31-18-5-4-10-25(28,29)16(18)8-6-13-7-9-17-15(19(13)34)11-14(12-30-17)21-32-33-22(36-21)20(26)27/h7,11-12,16,18,20H,4-6,8-10H2,1-3H3,(H,31,35)/t16?,18-/m0/s1. The highest BCUT2D eigenvalue weighted by Crippen LogP contribution is 2.42. The molecule has 0 bridgehead atoms. The van der Waals surface area contributed by atoms with Crippen LogP contribution < -0.4 is 5.32 Å². The second-order valence-corrected chi connectivity index (χ2v) is 10.3. The highest BCUT2D eigenvalue weighted by molar-refractivity contribution is 6.10. The number of fused-ring (bicyclic) bond motifs is 1. The molecule has 1 fully saturated rings. The Kier molecular flexibility index (Phi) is 7.38. The number of rotatable bonds is 6. The Morgan fingerprint density at radius 2 is 2.05 bits per heavy atom. The Hall–Kier alpha value is -3.31. The summed E-state index contributed by atoms with van der Waals surface area (Å²) in [5.41, 5.74) is 0.485. The predicted molar refractivity (Wildman–Crippen MR) is 123 cm³/mol. The van der Waals surface area contributed by atoms with Crippen LogP contribution >= 0.6 is 0 Å². The molecule has 0 saturated heterocycles. The third-order valence-corrected chi connectivity index (χ3v) is 6.40. The summed E-state index contributed by atoms with van der Waals surface area (Å²) >= 11 is 0. The van der Waals surface area contributed by atoms with Gasteiger partial charge in [0.1, 0.15) is 5.60 Å². The van der Waals surface area contributed by atoms with Crippen LogP contribution in [-0.4, -0.2) is 44.6 Å². The lowest BCUT2D eigenvalue weighted by Gasteiger charge is -2.38. The number of ketones is 1. The molecule has 8 nitrogen and oxygen atoms in total. The van der Waals surface area contributed by atoms with Crippen molar-refractivity contribution < 1.29 is 36.3 Å². The molecule has 2 aliphatic carbocycles. The van der Waals surface area contributed by atoms with Crippen LogP contribution in [-0.2, 0) is 11.2 Å². The van der Waals surface area contributed by atoms with Gasteiger partial charge in [-0.3, -0.25) is 9.78 Å². The largest absolute Gasteiger partial charge is 0.444 e. The number of halogens is 4. The van der Waals surface area contributed by atoms with Gasteiger partial charge in [-0.1, -0.05) is 6.08 Å². The molecule has 2 aromatic rings. The number of amides is 1. The minimum absolute atomic E-state index is 0.0190. The van der Waals surface area contributed by atoms with Gasteiger partial charge >= 0.3 is 12.5 Å². The molecule has 4 rings (SSSR count). The number of aromatic nitrogens is 3. The monoisotopic (exact) mass is 524 g/mol. The summed E-state index contributed by atoms with van der Waals surface area (Å²) in [5, 5.41) is 9.46. The van der Waals surface area contributed by atoms with E-state index >= 15 is 0 Å². The maximum atomic E-state index is 14.9. The van der Waals surface area contributed by atoms with Crippen molar-refractivity contribution >= 4 is 11.9 Å². The number of carbonyl (C=O) groups is 2. The highest BCUT2D eigenvalue weighted by atomic mass is 19.3. The molecule has 1 saturated carbocycles. The number of hydrogen-bond acceptors (Lipinski definition) is 7. The summed E-state index contributed by atoms with van der Waals surface area (Å²) in [6.07, 6.45) is 0.0385. The highest BCUT2D eigenvalue weighted by Gasteiger charge is 2.47. The molecule has 37 heavy (non-hydrogen) atoms. The first kappa shape index (κ1) is 26.7. The fourth-order valence-electron chi connectivity index (χ4n) is 4.70. The van der Waals surface area contributed by atoms with Gasteiger partial charge in [0.2, 0.25) is 5.89 Å². The van der Waals surface area contributed by atoms with Crippen molar-refractivity contribution in [3.63, 3.8) is 0 Å². The van der Waals surface area contributed by atoms with Crippen LogP contribution in [0.3, 0.4) is 0 Å². The lowest BCUT2D eigenvalue weighted by Crippen LogP contribution is -2.51. The lowest BCUT2D eigenvalue weighted by molar-refractivity contribution is -0.100. The van der Waals surface area contributed by atoms with Gasteiger partial charge in [-0.2, -0.15) is 8.78 Å². The Morgan fingerprint density at radius 1 is 1.30 bits per heavy atom. The molecule has 2 atom stereocenters. The molecule has 1 N–H and O–H groups in total. The molecule has 2 aliphatic rings. The lowest BCUT2D eigenvalue weighted by atomic mass is 9.77. The quantitative estimate of drug-likeness (QED) is 0.473. The van der Waals surface area contributed by atoms with Crippen molar-refractivity contribution in [2.45, 2.75) is 83.3 Å². The van der Waals surface area contributed by atoms with Gasteiger partial charge < -0.3 is 14.5 Å². The van der Waals surface area contributed by atoms with Crippen molar-refractivity contribution in [3.05, 3.63) is 41.1 Å². The zero-order valence-corrected chi connectivity index (χ0v) is 20.7. The summed E-state index contributed by atoms with van der Waals surface area (Å²) in [4.78, 5) is 29.7. The fourth-order valence-corrected chi connectivity index (χ4v) is 4.70. The molecular weight excluding hydrogens is 496 g/mol. The van der Waals surface area contributed by atoms with E-state index in [1.165, 1.54) is 12.3 Å². The van der Waals surface area contributed by atoms with E-state index in [1.807, 2.05) is 0 Å². The smallest absolute Gasteiger partial charge is 0.407 e. The van der Waals surface area contributed by atoms with Crippen LogP contribution in [0.1, 0.15) is 81.2 Å². The molecule has 2 heterocycles. The second kappa shape index (κ2) is 10.2. The van der Waals surface area contributed by atoms with Gasteiger partial charge in [-0.05, 0) is 58.1 Å². The van der Waals surface area contributed by atoms with E-state index in [0.717, 1.165) is 0 Å². The van der Waals surface area contributed by atoms with Crippen LogP contribution in [0.4, 0.5) is 22.4 Å². The molecular formula is C25H28F4N4O4. The molecule has 0 spiro atoms. The van der Waals surface area contributed by atoms with E-state index in [2.05, 4.69) is 20.5 Å². The van der Waals surface area contributed by atoms with E-state index in [4.69, 9.17) is 9.15 Å². The number of Topliss-reactive ketones (excluding diaryl/α,β-unsaturated/α-hetero) is 1. The van der Waals surface area contributed by atoms with Crippen molar-refractivity contribution in [3.8, 4) is 11.5 Å². The number of alkyl halides is 4. The van der Waals surface area contributed by atoms with Crippen LogP contribution in [0.2, 0.25) is 0 Å². The Bertz CT molecular complexity index is 1210. The first-order chi connectivity index (χ1) is 17.3. The Morgan fingerprint density at radius 3 is 2.73 bits per heavy atom. The summed E-state index contributed by atoms with van der Waals surface area (Å²) in [7, 11) is 0. The van der Waals surface area contributed by atoms with Crippen LogP contribution in [0.5, 0.6) is 0 Å². The average molecular weight is 525 g/mol. The normalized spacial score (nSPS) is 21.4. The number of alkyl carbamates (subject to hydrolysis) is 1. The number of pyridine rings is 1. The molecule has 12 heteroatoms. The van der Waals surface area contributed by atoms with Crippen LogP contribution in [0.25, 0.3) is 11.5 Å². The molecule has 1 amide bonds. The van der Waals surface area contributed by atoms with E-state index < -0.39 is 41.9 Å². The minimum atomic E-state index is -3.01. The van der Waals surface area contributed by atoms with Crippen molar-refractivity contribution in [2.75, 3.05) is 0 Å².